The van der Waals surface area contributed by atoms with E-state index in [-0.39, 0.29) is 12.1 Å². The molecule has 3 heteroatoms. The molecular weight excluding hydrogens is 262 g/mol. The average Bonchev–Trinajstić information content (AvgIpc) is 2.47. The molecule has 1 amide bonds. The Morgan fingerprint density at radius 3 is 2.52 bits per heavy atom. The largest absolute Gasteiger partial charge is 0.392 e. The van der Waals surface area contributed by atoms with Gasteiger partial charge in [0.2, 0.25) is 6.41 Å². The molecule has 0 saturated heterocycles. The molecule has 0 aromatic heterocycles. The van der Waals surface area contributed by atoms with E-state index in [1.54, 1.807) is 0 Å². The lowest BCUT2D eigenvalue weighted by atomic mass is 9.62. The molecule has 3 atom stereocenters. The fourth-order valence-corrected chi connectivity index (χ4v) is 4.01. The van der Waals surface area contributed by atoms with Crippen molar-refractivity contribution in [3.05, 3.63) is 35.4 Å². The lowest BCUT2D eigenvalue weighted by Gasteiger charge is -2.48. The Labute approximate surface area is 127 Å². The number of hydrogen-bond donors (Lipinski definition) is 2. The van der Waals surface area contributed by atoms with Crippen LogP contribution >= 0.6 is 0 Å². The van der Waals surface area contributed by atoms with Gasteiger partial charge < -0.3 is 10.4 Å². The zero-order valence-corrected chi connectivity index (χ0v) is 13.3. The highest BCUT2D eigenvalue weighted by Crippen LogP contribution is 2.47. The van der Waals surface area contributed by atoms with Gasteiger partial charge in [-0.05, 0) is 41.7 Å². The van der Waals surface area contributed by atoms with Crippen LogP contribution in [0.15, 0.2) is 24.3 Å². The van der Waals surface area contributed by atoms with Crippen LogP contribution in [-0.4, -0.2) is 11.5 Å². The van der Waals surface area contributed by atoms with Crippen molar-refractivity contribution in [2.24, 2.45) is 17.8 Å². The van der Waals surface area contributed by atoms with E-state index < -0.39 is 0 Å². The first-order valence-corrected chi connectivity index (χ1v) is 7.95. The third kappa shape index (κ3) is 3.13. The topological polar surface area (TPSA) is 49.3 Å². The lowest BCUT2D eigenvalue weighted by Crippen LogP contribution is -2.53. The van der Waals surface area contributed by atoms with Gasteiger partial charge in [0.25, 0.3) is 0 Å². The number of benzene rings is 1. The predicted octanol–water partition coefficient (Wildman–Crippen LogP) is 3.21. The standard InChI is InChI=1S/C18H27NO2/c1-13(2)17-9-4-14(3)10-18(17,19-12-21)16-7-5-15(11-20)6-8-16/h5-8,12-14,17,20H,4,9-11H2,1-3H3,(H,19,21). The molecule has 0 bridgehead atoms. The van der Waals surface area contributed by atoms with E-state index in [0.29, 0.717) is 17.8 Å². The fourth-order valence-electron chi connectivity index (χ4n) is 4.01. The van der Waals surface area contributed by atoms with Crippen molar-refractivity contribution in [1.29, 1.82) is 0 Å². The molecule has 1 aromatic rings. The van der Waals surface area contributed by atoms with Gasteiger partial charge in [-0.25, -0.2) is 0 Å². The van der Waals surface area contributed by atoms with Crippen molar-refractivity contribution in [3.63, 3.8) is 0 Å². The van der Waals surface area contributed by atoms with Crippen molar-refractivity contribution < 1.29 is 9.90 Å². The van der Waals surface area contributed by atoms with Crippen molar-refractivity contribution in [2.45, 2.75) is 52.2 Å². The van der Waals surface area contributed by atoms with Crippen LogP contribution in [0, 0.1) is 17.8 Å². The first kappa shape index (κ1) is 16.0. The Balaban J connectivity index is 2.46. The maximum Gasteiger partial charge on any atom is 0.207 e. The lowest BCUT2D eigenvalue weighted by molar-refractivity contribution is -0.113. The molecule has 2 rings (SSSR count). The summed E-state index contributed by atoms with van der Waals surface area (Å²) in [6.45, 7) is 6.80. The molecule has 0 aliphatic heterocycles. The summed E-state index contributed by atoms with van der Waals surface area (Å²) in [4.78, 5) is 11.3. The van der Waals surface area contributed by atoms with Gasteiger partial charge in [0, 0.05) is 0 Å². The van der Waals surface area contributed by atoms with E-state index in [4.69, 9.17) is 0 Å². The van der Waals surface area contributed by atoms with Gasteiger partial charge in [-0.1, -0.05) is 51.5 Å². The second kappa shape index (κ2) is 6.61. The summed E-state index contributed by atoms with van der Waals surface area (Å²) in [5.74, 6) is 1.56. The molecule has 3 nitrogen and oxygen atoms in total. The zero-order valence-electron chi connectivity index (χ0n) is 13.3. The Hall–Kier alpha value is -1.35. The van der Waals surface area contributed by atoms with Crippen LogP contribution < -0.4 is 5.32 Å². The van der Waals surface area contributed by atoms with Gasteiger partial charge in [-0.3, -0.25) is 4.79 Å². The minimum atomic E-state index is -0.276. The van der Waals surface area contributed by atoms with Crippen molar-refractivity contribution in [2.75, 3.05) is 0 Å². The maximum absolute atomic E-state index is 11.3. The molecule has 3 unspecified atom stereocenters. The third-order valence-electron chi connectivity index (χ3n) is 5.05. The first-order valence-electron chi connectivity index (χ1n) is 7.95. The highest BCUT2D eigenvalue weighted by atomic mass is 16.3. The van der Waals surface area contributed by atoms with Crippen LogP contribution in [0.4, 0.5) is 0 Å². The summed E-state index contributed by atoms with van der Waals surface area (Å²) in [7, 11) is 0. The number of amides is 1. The monoisotopic (exact) mass is 289 g/mol. The molecule has 1 aliphatic carbocycles. The van der Waals surface area contributed by atoms with Gasteiger partial charge in [-0.15, -0.1) is 0 Å². The second-order valence-corrected chi connectivity index (χ2v) is 6.83. The normalized spacial score (nSPS) is 29.4. The van der Waals surface area contributed by atoms with Gasteiger partial charge in [0.1, 0.15) is 0 Å². The van der Waals surface area contributed by atoms with E-state index >= 15 is 0 Å². The summed E-state index contributed by atoms with van der Waals surface area (Å²) < 4.78 is 0. The van der Waals surface area contributed by atoms with Crippen molar-refractivity contribution >= 4 is 6.41 Å². The summed E-state index contributed by atoms with van der Waals surface area (Å²) in [6, 6.07) is 8.05. The third-order valence-corrected chi connectivity index (χ3v) is 5.05. The van der Waals surface area contributed by atoms with Crippen LogP contribution in [0.2, 0.25) is 0 Å². The number of nitrogens with one attached hydrogen (secondary N) is 1. The maximum atomic E-state index is 11.3. The minimum absolute atomic E-state index is 0.0540. The van der Waals surface area contributed by atoms with Gasteiger partial charge in [0.05, 0.1) is 12.1 Å². The Bertz CT molecular complexity index is 469. The molecule has 1 fully saturated rings. The molecule has 2 N–H and O–H groups in total. The Morgan fingerprint density at radius 1 is 1.33 bits per heavy atom. The van der Waals surface area contributed by atoms with Crippen molar-refractivity contribution in [1.82, 2.24) is 5.32 Å². The highest BCUT2D eigenvalue weighted by Gasteiger charge is 2.45. The van der Waals surface area contributed by atoms with E-state index in [1.165, 1.54) is 6.42 Å². The predicted molar refractivity (Wildman–Crippen MR) is 84.6 cm³/mol. The summed E-state index contributed by atoms with van der Waals surface area (Å²) in [5.41, 5.74) is 1.80. The van der Waals surface area contributed by atoms with Crippen LogP contribution in [0.5, 0.6) is 0 Å². The molecule has 1 saturated carbocycles. The van der Waals surface area contributed by atoms with Crippen LogP contribution in [0.1, 0.15) is 51.2 Å². The fraction of sp³-hybridized carbons (Fsp3) is 0.611. The smallest absolute Gasteiger partial charge is 0.207 e. The van der Waals surface area contributed by atoms with Gasteiger partial charge >= 0.3 is 0 Å². The number of carbonyl (C=O) groups is 1. The van der Waals surface area contributed by atoms with E-state index in [0.717, 1.165) is 30.4 Å². The Kier molecular flexibility index (Phi) is 5.04. The molecule has 1 aliphatic rings. The van der Waals surface area contributed by atoms with E-state index in [1.807, 2.05) is 12.1 Å². The summed E-state index contributed by atoms with van der Waals surface area (Å²) in [5, 5.41) is 12.4. The highest BCUT2D eigenvalue weighted by molar-refractivity contribution is 5.50. The number of aliphatic hydroxyl groups excluding tert-OH is 1. The Morgan fingerprint density at radius 2 is 2.00 bits per heavy atom. The van der Waals surface area contributed by atoms with E-state index in [9.17, 15) is 9.90 Å². The number of rotatable bonds is 5. The molecule has 0 spiro atoms. The number of hydrogen-bond acceptors (Lipinski definition) is 2. The molecule has 1 aromatic carbocycles. The summed E-state index contributed by atoms with van der Waals surface area (Å²) >= 11 is 0. The van der Waals surface area contributed by atoms with Crippen LogP contribution in [0.25, 0.3) is 0 Å². The molecule has 0 radical (unpaired) electrons. The SMILES string of the molecule is CC1CCC(C(C)C)C(NC=O)(c2ccc(CO)cc2)C1. The minimum Gasteiger partial charge on any atom is -0.392 e. The number of aliphatic hydroxyl groups is 1. The van der Waals surface area contributed by atoms with Crippen LogP contribution in [0.3, 0.4) is 0 Å². The molecule has 116 valence electrons. The average molecular weight is 289 g/mol. The molecular formula is C18H27NO2. The second-order valence-electron chi connectivity index (χ2n) is 6.83. The molecule has 21 heavy (non-hydrogen) atoms. The number of carbonyl (C=O) groups excluding carboxylic acids is 1. The van der Waals surface area contributed by atoms with Gasteiger partial charge in [0.15, 0.2) is 0 Å². The van der Waals surface area contributed by atoms with Gasteiger partial charge in [-0.2, -0.15) is 0 Å². The zero-order chi connectivity index (χ0) is 15.5. The quantitative estimate of drug-likeness (QED) is 0.818. The van der Waals surface area contributed by atoms with E-state index in [2.05, 4.69) is 38.2 Å². The summed E-state index contributed by atoms with van der Waals surface area (Å²) in [6.07, 6.45) is 4.20. The molecule has 0 heterocycles. The van der Waals surface area contributed by atoms with Crippen molar-refractivity contribution in [3.8, 4) is 0 Å². The first-order chi connectivity index (χ1) is 10.0. The van der Waals surface area contributed by atoms with Crippen LogP contribution in [-0.2, 0) is 16.9 Å².